The monoisotopic (exact) mass is 238 g/mol. The number of anilines is 2. The van der Waals surface area contributed by atoms with Crippen LogP contribution in [0.1, 0.15) is 19.3 Å². The van der Waals surface area contributed by atoms with Crippen LogP contribution in [0.15, 0.2) is 18.2 Å². The Morgan fingerprint density at radius 1 is 1.47 bits per heavy atom. The number of nitrogens with two attached hydrogens (primary N) is 1. The molecule has 3 N–H and O–H groups in total. The molecule has 0 bridgehead atoms. The molecule has 0 aliphatic carbocycles. The second-order valence-electron chi connectivity index (χ2n) is 4.64. The Labute approximate surface area is 101 Å². The first-order valence-electron chi connectivity index (χ1n) is 6.12. The number of para-hydroxylation sites is 1. The van der Waals surface area contributed by atoms with Crippen LogP contribution in [-0.4, -0.2) is 24.8 Å². The van der Waals surface area contributed by atoms with E-state index in [1.807, 2.05) is 6.07 Å². The van der Waals surface area contributed by atoms with Crippen molar-refractivity contribution in [3.63, 3.8) is 0 Å². The van der Waals surface area contributed by atoms with Crippen LogP contribution in [0.2, 0.25) is 0 Å². The van der Waals surface area contributed by atoms with E-state index in [4.69, 9.17) is 10.8 Å². The lowest BCUT2D eigenvalue weighted by atomic mass is 9.94. The fourth-order valence-corrected chi connectivity index (χ4v) is 2.50. The van der Waals surface area contributed by atoms with Gasteiger partial charge in [0.15, 0.2) is 0 Å². The van der Waals surface area contributed by atoms with Crippen LogP contribution in [0.25, 0.3) is 0 Å². The van der Waals surface area contributed by atoms with Gasteiger partial charge in [0.05, 0.1) is 11.4 Å². The summed E-state index contributed by atoms with van der Waals surface area (Å²) in [6, 6.07) is 4.93. The molecule has 0 amide bonds. The minimum absolute atomic E-state index is 0.219. The molecule has 1 aromatic rings. The van der Waals surface area contributed by atoms with E-state index >= 15 is 0 Å². The van der Waals surface area contributed by atoms with Crippen LogP contribution < -0.4 is 10.6 Å². The summed E-state index contributed by atoms with van der Waals surface area (Å²) in [5, 5.41) is 8.97. The van der Waals surface area contributed by atoms with Crippen molar-refractivity contribution in [3.8, 4) is 0 Å². The van der Waals surface area contributed by atoms with Crippen LogP contribution in [0.4, 0.5) is 15.8 Å². The van der Waals surface area contributed by atoms with Crippen molar-refractivity contribution in [2.75, 3.05) is 30.3 Å². The Balaban J connectivity index is 2.13. The second-order valence-corrected chi connectivity index (χ2v) is 4.64. The number of aliphatic hydroxyl groups is 1. The fourth-order valence-electron chi connectivity index (χ4n) is 2.50. The third-order valence-corrected chi connectivity index (χ3v) is 3.43. The zero-order chi connectivity index (χ0) is 12.3. The molecule has 1 fully saturated rings. The number of benzene rings is 1. The third-order valence-electron chi connectivity index (χ3n) is 3.43. The van der Waals surface area contributed by atoms with E-state index in [2.05, 4.69) is 4.90 Å². The van der Waals surface area contributed by atoms with Gasteiger partial charge in [-0.25, -0.2) is 4.39 Å². The minimum atomic E-state index is -0.355. The molecular formula is C13H19FN2O. The molecule has 0 spiro atoms. The molecule has 0 aromatic heterocycles. The Hall–Kier alpha value is -1.29. The van der Waals surface area contributed by atoms with Crippen molar-refractivity contribution in [2.45, 2.75) is 19.3 Å². The maximum Gasteiger partial charge on any atom is 0.148 e. The number of hydrogen-bond acceptors (Lipinski definition) is 3. The van der Waals surface area contributed by atoms with E-state index in [0.717, 1.165) is 38.0 Å². The molecule has 1 unspecified atom stereocenters. The van der Waals surface area contributed by atoms with E-state index < -0.39 is 0 Å². The molecular weight excluding hydrogens is 219 g/mol. The molecule has 94 valence electrons. The zero-order valence-electron chi connectivity index (χ0n) is 9.90. The summed E-state index contributed by atoms with van der Waals surface area (Å²) in [6.07, 6.45) is 3.01. The van der Waals surface area contributed by atoms with Gasteiger partial charge in [0.2, 0.25) is 0 Å². The Bertz CT molecular complexity index is 382. The molecule has 4 heteroatoms. The van der Waals surface area contributed by atoms with Gasteiger partial charge in [0.25, 0.3) is 0 Å². The SMILES string of the molecule is Nc1c(F)cccc1N1CCCC(CCO)C1. The first-order valence-corrected chi connectivity index (χ1v) is 6.12. The number of rotatable bonds is 3. The standard InChI is InChI=1S/C13H19FN2O/c14-11-4-1-5-12(13(11)15)16-7-2-3-10(9-16)6-8-17/h1,4-5,10,17H,2-3,6-9,15H2. The predicted molar refractivity (Wildman–Crippen MR) is 67.5 cm³/mol. The average Bonchev–Trinajstić information content (AvgIpc) is 2.33. The van der Waals surface area contributed by atoms with Crippen molar-refractivity contribution < 1.29 is 9.50 Å². The van der Waals surface area contributed by atoms with Gasteiger partial charge in [0, 0.05) is 19.7 Å². The largest absolute Gasteiger partial charge is 0.396 e. The Morgan fingerprint density at radius 3 is 3.06 bits per heavy atom. The highest BCUT2D eigenvalue weighted by atomic mass is 19.1. The summed E-state index contributed by atoms with van der Waals surface area (Å²) in [5.41, 5.74) is 6.79. The molecule has 1 aliphatic rings. The number of aliphatic hydroxyl groups excluding tert-OH is 1. The van der Waals surface area contributed by atoms with Crippen LogP contribution in [0.3, 0.4) is 0 Å². The molecule has 1 atom stereocenters. The molecule has 1 saturated heterocycles. The molecule has 1 heterocycles. The minimum Gasteiger partial charge on any atom is -0.396 e. The molecule has 17 heavy (non-hydrogen) atoms. The molecule has 1 aromatic carbocycles. The normalized spacial score (nSPS) is 20.6. The number of hydrogen-bond donors (Lipinski definition) is 2. The lowest BCUT2D eigenvalue weighted by molar-refractivity contribution is 0.244. The molecule has 0 radical (unpaired) electrons. The van der Waals surface area contributed by atoms with Crippen LogP contribution in [-0.2, 0) is 0 Å². The molecule has 1 aliphatic heterocycles. The van der Waals surface area contributed by atoms with E-state index in [0.29, 0.717) is 5.92 Å². The summed E-state index contributed by atoms with van der Waals surface area (Å²) in [7, 11) is 0. The lowest BCUT2D eigenvalue weighted by Gasteiger charge is -2.35. The quantitative estimate of drug-likeness (QED) is 0.792. The first kappa shape index (κ1) is 12.2. The number of nitrogen functional groups attached to an aromatic ring is 1. The highest BCUT2D eigenvalue weighted by Crippen LogP contribution is 2.30. The van der Waals surface area contributed by atoms with Crippen molar-refractivity contribution in [1.29, 1.82) is 0 Å². The van der Waals surface area contributed by atoms with Gasteiger partial charge in [-0.05, 0) is 37.3 Å². The predicted octanol–water partition coefficient (Wildman–Crippen LogP) is 2.01. The van der Waals surface area contributed by atoms with E-state index in [1.54, 1.807) is 6.07 Å². The van der Waals surface area contributed by atoms with Gasteiger partial charge in [-0.1, -0.05) is 6.07 Å². The van der Waals surface area contributed by atoms with Crippen LogP contribution in [0, 0.1) is 11.7 Å². The number of halogens is 1. The van der Waals surface area contributed by atoms with Gasteiger partial charge in [-0.15, -0.1) is 0 Å². The summed E-state index contributed by atoms with van der Waals surface area (Å²) in [6.45, 7) is 1.99. The molecule has 0 saturated carbocycles. The zero-order valence-corrected chi connectivity index (χ0v) is 9.90. The van der Waals surface area contributed by atoms with Gasteiger partial charge in [-0.2, -0.15) is 0 Å². The molecule has 2 rings (SSSR count). The van der Waals surface area contributed by atoms with Crippen molar-refractivity contribution >= 4 is 11.4 Å². The highest BCUT2D eigenvalue weighted by Gasteiger charge is 2.21. The van der Waals surface area contributed by atoms with E-state index in [-0.39, 0.29) is 18.1 Å². The summed E-state index contributed by atoms with van der Waals surface area (Å²) >= 11 is 0. The maximum absolute atomic E-state index is 13.4. The van der Waals surface area contributed by atoms with Crippen molar-refractivity contribution in [1.82, 2.24) is 0 Å². The average molecular weight is 238 g/mol. The summed E-state index contributed by atoms with van der Waals surface area (Å²) in [4.78, 5) is 2.13. The topological polar surface area (TPSA) is 49.5 Å². The van der Waals surface area contributed by atoms with Crippen LogP contribution >= 0.6 is 0 Å². The van der Waals surface area contributed by atoms with Gasteiger partial charge < -0.3 is 15.7 Å². The smallest absolute Gasteiger partial charge is 0.148 e. The maximum atomic E-state index is 13.4. The van der Waals surface area contributed by atoms with Gasteiger partial charge in [-0.3, -0.25) is 0 Å². The van der Waals surface area contributed by atoms with Gasteiger partial charge in [0.1, 0.15) is 5.82 Å². The Morgan fingerprint density at radius 2 is 2.29 bits per heavy atom. The number of piperidine rings is 1. The van der Waals surface area contributed by atoms with E-state index in [9.17, 15) is 4.39 Å². The van der Waals surface area contributed by atoms with E-state index in [1.165, 1.54) is 6.07 Å². The molecule has 3 nitrogen and oxygen atoms in total. The van der Waals surface area contributed by atoms with Crippen molar-refractivity contribution in [2.24, 2.45) is 5.92 Å². The van der Waals surface area contributed by atoms with Crippen LogP contribution in [0.5, 0.6) is 0 Å². The summed E-state index contributed by atoms with van der Waals surface area (Å²) in [5.74, 6) is 0.128. The first-order chi connectivity index (χ1) is 8.22. The third kappa shape index (κ3) is 2.69. The lowest BCUT2D eigenvalue weighted by Crippen LogP contribution is -2.36. The number of nitrogens with zero attached hydrogens (tertiary/aromatic N) is 1. The summed E-state index contributed by atoms with van der Waals surface area (Å²) < 4.78 is 13.4. The fraction of sp³-hybridized carbons (Fsp3) is 0.538. The second kappa shape index (κ2) is 5.36. The highest BCUT2D eigenvalue weighted by molar-refractivity contribution is 5.68. The van der Waals surface area contributed by atoms with Crippen molar-refractivity contribution in [3.05, 3.63) is 24.0 Å². The van der Waals surface area contributed by atoms with Gasteiger partial charge >= 0.3 is 0 Å². The Kier molecular flexibility index (Phi) is 3.84.